The van der Waals surface area contributed by atoms with Crippen LogP contribution in [0.1, 0.15) is 19.3 Å². The highest BCUT2D eigenvalue weighted by atomic mass is 31.1. The Morgan fingerprint density at radius 3 is 2.75 bits per heavy atom. The molecular weight excluding hydrogens is 123 g/mol. The quantitative estimate of drug-likeness (QED) is 0.345. The number of hydrogen-bond donors (Lipinski definition) is 1. The normalized spacial score (nSPS) is 10.6. The largest absolute Gasteiger partial charge is 0.377 e. The van der Waals surface area contributed by atoms with Crippen molar-refractivity contribution in [2.24, 2.45) is 0 Å². The van der Waals surface area contributed by atoms with Gasteiger partial charge in [-0.25, -0.2) is 0 Å². The number of rotatable bonds is 5. The molecule has 2 nitrogen and oxygen atoms in total. The molecule has 1 atom stereocenters. The average Bonchev–Trinajstić information content (AvgIpc) is 1.81. The van der Waals surface area contributed by atoms with Gasteiger partial charge in [0.1, 0.15) is 6.29 Å². The monoisotopic (exact) mass is 134 g/mol. The third-order valence-corrected chi connectivity index (χ3v) is 1.44. The molecule has 0 aromatic heterocycles. The van der Waals surface area contributed by atoms with Crippen molar-refractivity contribution >= 4 is 15.1 Å². The maximum absolute atomic E-state index is 9.71. The van der Waals surface area contributed by atoms with Gasteiger partial charge in [-0.3, -0.25) is 0 Å². The molecule has 0 amide bonds. The Hall–Kier alpha value is 0.0600. The van der Waals surface area contributed by atoms with Crippen molar-refractivity contribution in [3.8, 4) is 0 Å². The van der Waals surface area contributed by atoms with E-state index in [1.165, 1.54) is 0 Å². The van der Waals surface area contributed by atoms with E-state index in [9.17, 15) is 4.79 Å². The zero-order valence-electron chi connectivity index (χ0n) is 4.76. The molecule has 0 aromatic carbocycles. The maximum atomic E-state index is 9.71. The summed E-state index contributed by atoms with van der Waals surface area (Å²) in [4.78, 5) is 18.0. The highest BCUT2D eigenvalue weighted by Gasteiger charge is 1.84. The fourth-order valence-corrected chi connectivity index (χ4v) is 0.840. The first-order valence-corrected chi connectivity index (χ1v) is 3.88. The van der Waals surface area contributed by atoms with Crippen LogP contribution in [0.5, 0.6) is 0 Å². The molecule has 0 aliphatic heterocycles. The van der Waals surface area contributed by atoms with Gasteiger partial charge in [-0.1, -0.05) is 0 Å². The Balaban J connectivity index is 2.62. The minimum Gasteiger partial charge on any atom is -0.377 e. The van der Waals surface area contributed by atoms with E-state index >= 15 is 0 Å². The summed E-state index contributed by atoms with van der Waals surface area (Å²) in [5, 5.41) is 0. The van der Waals surface area contributed by atoms with E-state index < -0.39 is 0 Å². The van der Waals surface area contributed by atoms with Crippen molar-refractivity contribution in [1.29, 1.82) is 0 Å². The molecule has 48 valence electrons. The highest BCUT2D eigenvalue weighted by Crippen LogP contribution is 2.05. The second kappa shape index (κ2) is 7.06. The van der Waals surface area contributed by atoms with Crippen molar-refractivity contribution in [3.63, 3.8) is 0 Å². The smallest absolute Gasteiger partial charge is 0.119 e. The molecule has 0 rings (SSSR count). The van der Waals surface area contributed by atoms with Gasteiger partial charge < -0.3 is 9.69 Å². The molecule has 0 fully saturated rings. The van der Waals surface area contributed by atoms with Gasteiger partial charge >= 0.3 is 0 Å². The van der Waals surface area contributed by atoms with Gasteiger partial charge in [-0.15, -0.1) is 0 Å². The number of carbonyl (C=O) groups excluding carboxylic acids is 1. The predicted molar refractivity (Wildman–Crippen MR) is 35.3 cm³/mol. The van der Waals surface area contributed by atoms with Crippen molar-refractivity contribution in [1.82, 2.24) is 0 Å². The van der Waals surface area contributed by atoms with Gasteiger partial charge in [0.2, 0.25) is 0 Å². The zero-order chi connectivity index (χ0) is 6.24. The van der Waals surface area contributed by atoms with Gasteiger partial charge in [-0.2, -0.15) is 0 Å². The molecule has 1 N–H and O–H groups in total. The lowest BCUT2D eigenvalue weighted by Gasteiger charge is -1.89. The van der Waals surface area contributed by atoms with Crippen LogP contribution in [0.2, 0.25) is 0 Å². The molecule has 0 aromatic rings. The fourth-order valence-electron chi connectivity index (χ4n) is 0.432. The molecule has 0 aliphatic rings. The van der Waals surface area contributed by atoms with E-state index in [2.05, 4.69) is 0 Å². The molecule has 0 saturated heterocycles. The topological polar surface area (TPSA) is 37.3 Å². The molecule has 3 heteroatoms. The van der Waals surface area contributed by atoms with Gasteiger partial charge in [0.25, 0.3) is 0 Å². The average molecular weight is 134 g/mol. The van der Waals surface area contributed by atoms with Gasteiger partial charge in [0.05, 0.1) is 0 Å². The summed E-state index contributed by atoms with van der Waals surface area (Å²) in [7, 11) is 0.0531. The lowest BCUT2D eigenvalue weighted by atomic mass is 10.3. The summed E-state index contributed by atoms with van der Waals surface area (Å²) in [5.41, 5.74) is 0. The molecule has 0 aliphatic carbocycles. The summed E-state index contributed by atoms with van der Waals surface area (Å²) >= 11 is 0. The second-order valence-electron chi connectivity index (χ2n) is 1.57. The standard InChI is InChI=1S/C5H11O2P/c6-4-2-1-3-5-8-7/h4,7-8H,1-3,5H2. The van der Waals surface area contributed by atoms with E-state index in [0.717, 1.165) is 25.3 Å². The summed E-state index contributed by atoms with van der Waals surface area (Å²) in [6.07, 6.45) is 4.32. The van der Waals surface area contributed by atoms with E-state index in [1.54, 1.807) is 0 Å². The van der Waals surface area contributed by atoms with Crippen LogP contribution in [0.3, 0.4) is 0 Å². The van der Waals surface area contributed by atoms with Crippen molar-refractivity contribution in [3.05, 3.63) is 0 Å². The number of carbonyl (C=O) groups is 1. The Kier molecular flexibility index (Phi) is 7.11. The first-order valence-electron chi connectivity index (χ1n) is 2.72. The Labute approximate surface area is 51.2 Å². The van der Waals surface area contributed by atoms with Crippen LogP contribution in [0.25, 0.3) is 0 Å². The highest BCUT2D eigenvalue weighted by molar-refractivity contribution is 7.31. The van der Waals surface area contributed by atoms with Crippen LogP contribution in [0, 0.1) is 0 Å². The lowest BCUT2D eigenvalue weighted by Crippen LogP contribution is -1.78. The van der Waals surface area contributed by atoms with Crippen LogP contribution in [0.4, 0.5) is 0 Å². The predicted octanol–water partition coefficient (Wildman–Crippen LogP) is 0.941. The summed E-state index contributed by atoms with van der Waals surface area (Å²) in [6, 6.07) is 0. The Bertz CT molecular complexity index is 56.4. The van der Waals surface area contributed by atoms with Crippen LogP contribution in [0.15, 0.2) is 0 Å². The summed E-state index contributed by atoms with van der Waals surface area (Å²) in [6.45, 7) is 0. The van der Waals surface area contributed by atoms with Crippen LogP contribution in [-0.2, 0) is 4.79 Å². The van der Waals surface area contributed by atoms with Crippen LogP contribution < -0.4 is 0 Å². The molecule has 1 unspecified atom stereocenters. The van der Waals surface area contributed by atoms with E-state index in [4.69, 9.17) is 4.89 Å². The van der Waals surface area contributed by atoms with Gasteiger partial charge in [0, 0.05) is 15.2 Å². The molecule has 0 saturated carbocycles. The fraction of sp³-hybridized carbons (Fsp3) is 0.800. The van der Waals surface area contributed by atoms with Crippen molar-refractivity contribution in [2.75, 3.05) is 6.16 Å². The first kappa shape index (κ1) is 8.06. The van der Waals surface area contributed by atoms with E-state index in [0.29, 0.717) is 6.42 Å². The van der Waals surface area contributed by atoms with E-state index in [1.807, 2.05) is 0 Å². The molecule has 0 radical (unpaired) electrons. The zero-order valence-corrected chi connectivity index (χ0v) is 5.76. The Morgan fingerprint density at radius 1 is 1.50 bits per heavy atom. The third kappa shape index (κ3) is 6.06. The SMILES string of the molecule is O=CCCCCPO. The van der Waals surface area contributed by atoms with Crippen molar-refractivity contribution in [2.45, 2.75) is 19.3 Å². The number of aldehydes is 1. The van der Waals surface area contributed by atoms with Crippen LogP contribution in [-0.4, -0.2) is 17.3 Å². The number of hydrogen-bond acceptors (Lipinski definition) is 2. The second-order valence-corrected chi connectivity index (χ2v) is 2.39. The van der Waals surface area contributed by atoms with Gasteiger partial charge in [0.15, 0.2) is 0 Å². The third-order valence-electron chi connectivity index (χ3n) is 0.861. The summed E-state index contributed by atoms with van der Waals surface area (Å²) in [5.74, 6) is 0. The maximum Gasteiger partial charge on any atom is 0.119 e. The summed E-state index contributed by atoms with van der Waals surface area (Å²) < 4.78 is 0. The van der Waals surface area contributed by atoms with Gasteiger partial charge in [-0.05, 0) is 19.0 Å². The van der Waals surface area contributed by atoms with E-state index in [-0.39, 0.29) is 8.81 Å². The lowest BCUT2D eigenvalue weighted by molar-refractivity contribution is -0.107. The molecule has 0 spiro atoms. The molecule has 8 heavy (non-hydrogen) atoms. The minimum atomic E-state index is 0.0531. The Morgan fingerprint density at radius 2 is 2.25 bits per heavy atom. The van der Waals surface area contributed by atoms with Crippen LogP contribution >= 0.6 is 8.81 Å². The first-order chi connectivity index (χ1) is 3.91. The molecule has 0 heterocycles. The minimum absolute atomic E-state index is 0.0531. The molecular formula is C5H11O2P. The van der Waals surface area contributed by atoms with Crippen molar-refractivity contribution < 1.29 is 9.69 Å². The number of unbranched alkanes of at least 4 members (excludes halogenated alkanes) is 2. The molecule has 0 bridgehead atoms.